The van der Waals surface area contributed by atoms with Crippen LogP contribution in [0.25, 0.3) is 0 Å². The summed E-state index contributed by atoms with van der Waals surface area (Å²) in [6.45, 7) is 14.0. The number of aliphatic carboxylic acids is 1. The second-order valence-corrected chi connectivity index (χ2v) is 23.6. The van der Waals surface area contributed by atoms with Gasteiger partial charge in [0.25, 0.3) is 0 Å². The number of carbonyl (C=O) groups is 1. The molecule has 67 heavy (non-hydrogen) atoms. The molecule has 25 atom stereocenters. The Kier molecular flexibility index (Phi) is 14.1. The lowest BCUT2D eigenvalue weighted by Crippen LogP contribution is -2.68. The van der Waals surface area contributed by atoms with Gasteiger partial charge in [-0.25, -0.2) is 4.79 Å². The van der Waals surface area contributed by atoms with Crippen molar-refractivity contribution in [2.75, 3.05) is 19.8 Å². The van der Waals surface area contributed by atoms with Crippen LogP contribution in [0.5, 0.6) is 0 Å². The maximum atomic E-state index is 12.5. The van der Waals surface area contributed by atoms with E-state index in [1.807, 2.05) is 6.92 Å². The van der Waals surface area contributed by atoms with E-state index in [9.17, 15) is 66.1 Å². The maximum Gasteiger partial charge on any atom is 0.335 e. The highest BCUT2D eigenvalue weighted by atomic mass is 16.8. The third-order valence-corrected chi connectivity index (χ3v) is 19.5. The Morgan fingerprint density at radius 1 is 0.627 bits per heavy atom. The monoisotopic (exact) mass is 959 g/mol. The summed E-state index contributed by atoms with van der Waals surface area (Å²) < 4.78 is 36.0. The van der Waals surface area contributed by atoms with Crippen LogP contribution in [0.1, 0.15) is 106 Å². The van der Waals surface area contributed by atoms with Crippen LogP contribution in [0.4, 0.5) is 0 Å². The van der Waals surface area contributed by atoms with Crippen molar-refractivity contribution in [3.05, 3.63) is 11.6 Å². The third-order valence-electron chi connectivity index (χ3n) is 19.5. The van der Waals surface area contributed by atoms with Crippen LogP contribution in [0.15, 0.2) is 11.6 Å². The van der Waals surface area contributed by atoms with Crippen LogP contribution in [-0.2, 0) is 33.2 Å². The predicted octanol–water partition coefficient (Wildman–Crippen LogP) is -0.323. The minimum atomic E-state index is -2.10. The van der Waals surface area contributed by atoms with E-state index in [-0.39, 0.29) is 57.5 Å². The van der Waals surface area contributed by atoms with Crippen LogP contribution >= 0.6 is 0 Å². The van der Waals surface area contributed by atoms with Crippen molar-refractivity contribution in [2.24, 2.45) is 50.2 Å². The van der Waals surface area contributed by atoms with E-state index in [0.29, 0.717) is 12.8 Å². The second kappa shape index (κ2) is 18.2. The number of aliphatic hydroxyl groups excluding tert-OH is 11. The molecule has 0 aromatic carbocycles. The van der Waals surface area contributed by atoms with Crippen molar-refractivity contribution in [1.82, 2.24) is 0 Å². The van der Waals surface area contributed by atoms with Gasteiger partial charge in [0.2, 0.25) is 0 Å². The first-order valence-electron chi connectivity index (χ1n) is 24.4. The van der Waals surface area contributed by atoms with Gasteiger partial charge in [0.1, 0.15) is 67.1 Å². The van der Waals surface area contributed by atoms with E-state index < -0.39 is 123 Å². The van der Waals surface area contributed by atoms with E-state index in [1.54, 1.807) is 0 Å². The van der Waals surface area contributed by atoms with Gasteiger partial charge in [-0.15, -0.1) is 0 Å². The molecule has 7 fully saturated rings. The van der Waals surface area contributed by atoms with Gasteiger partial charge < -0.3 is 89.7 Å². The van der Waals surface area contributed by atoms with Crippen LogP contribution in [0.2, 0.25) is 0 Å². The van der Waals surface area contributed by atoms with Crippen molar-refractivity contribution in [3.8, 4) is 0 Å². The van der Waals surface area contributed by atoms with Crippen LogP contribution < -0.4 is 0 Å². The Labute approximate surface area is 392 Å². The number of ether oxygens (including phenoxy) is 6. The molecule has 6 unspecified atom stereocenters. The van der Waals surface area contributed by atoms with Crippen molar-refractivity contribution >= 4 is 5.97 Å². The molecule has 0 spiro atoms. The molecule has 0 amide bonds. The zero-order valence-corrected chi connectivity index (χ0v) is 39.8. The Balaban J connectivity index is 1.08. The average Bonchev–Trinajstić information content (AvgIpc) is 3.27. The summed E-state index contributed by atoms with van der Waals surface area (Å²) in [5, 5.41) is 130. The van der Waals surface area contributed by atoms with Crippen molar-refractivity contribution < 1.29 is 94.5 Å². The average molecular weight is 959 g/mol. The van der Waals surface area contributed by atoms with Gasteiger partial charge >= 0.3 is 5.97 Å². The summed E-state index contributed by atoms with van der Waals surface area (Å²) in [4.78, 5) is 12.5. The summed E-state index contributed by atoms with van der Waals surface area (Å²) >= 11 is 0. The predicted molar refractivity (Wildman–Crippen MR) is 232 cm³/mol. The number of hydrogen-bond acceptors (Lipinski definition) is 18. The Hall–Kier alpha value is -1.47. The normalized spacial score (nSPS) is 55.3. The first kappa shape index (κ1) is 51.9. The Morgan fingerprint density at radius 3 is 1.82 bits per heavy atom. The molecule has 19 heteroatoms. The smallest absolute Gasteiger partial charge is 0.335 e. The van der Waals surface area contributed by atoms with E-state index in [2.05, 4.69) is 47.6 Å². The molecule has 0 bridgehead atoms. The van der Waals surface area contributed by atoms with Gasteiger partial charge in [-0.2, -0.15) is 0 Å². The minimum Gasteiger partial charge on any atom is -0.479 e. The standard InChI is InChI=1S/C48H78O19/c1-43(2)16-22-21-8-9-26-45(4)12-11-28(46(5,20-51)25(45)10-13-48(26,7)47(21,6)15-14-44(22,3)27(52)17-43)64-42-38(34(58)33(57)36(65-42)39(60)61)67-41-37(32(56)30(54)24(19-50)63-41)66-40-35(59)31(55)29(53)23(18-49)62-40/h8,22-38,40-42,49-59H,9-20H2,1-7H3,(H,60,61)/t22?,23-,24-,25?,26?,27-,28+,29-,30-,31+,32+,33+,34+,35-,36+,37-,38-,40?,41?,42?,44-,45+,46-,47-,48-/m1/s1. The lowest BCUT2D eigenvalue weighted by atomic mass is 9.33. The molecular formula is C48H78O19. The molecule has 8 rings (SSSR count). The fraction of sp³-hybridized carbons (Fsp3) is 0.938. The van der Waals surface area contributed by atoms with E-state index in [0.717, 1.165) is 44.9 Å². The molecule has 8 aliphatic rings. The number of hydrogen-bond donors (Lipinski definition) is 12. The highest BCUT2D eigenvalue weighted by Gasteiger charge is 2.70. The zero-order chi connectivity index (χ0) is 49.1. The van der Waals surface area contributed by atoms with Gasteiger partial charge in [-0.3, -0.25) is 0 Å². The molecule has 0 aromatic heterocycles. The zero-order valence-electron chi connectivity index (χ0n) is 39.8. The molecule has 19 nitrogen and oxygen atoms in total. The summed E-state index contributed by atoms with van der Waals surface area (Å²) in [7, 11) is 0. The van der Waals surface area contributed by atoms with Crippen LogP contribution in [-0.4, -0.2) is 191 Å². The molecule has 0 radical (unpaired) electrons. The van der Waals surface area contributed by atoms with Gasteiger partial charge in [-0.05, 0) is 97.2 Å². The second-order valence-electron chi connectivity index (χ2n) is 23.6. The molecule has 3 saturated heterocycles. The number of allylic oxidation sites excluding steroid dienone is 2. The number of aliphatic hydroxyl groups is 11. The lowest BCUT2D eigenvalue weighted by molar-refractivity contribution is -0.397. The summed E-state index contributed by atoms with van der Waals surface area (Å²) in [6.07, 6.45) is -19.2. The highest BCUT2D eigenvalue weighted by molar-refractivity contribution is 5.73. The molecular weight excluding hydrogens is 881 g/mol. The maximum absolute atomic E-state index is 12.5. The summed E-state index contributed by atoms with van der Waals surface area (Å²) in [5.74, 6) is -1.22. The quantitative estimate of drug-likeness (QED) is 0.0986. The largest absolute Gasteiger partial charge is 0.479 e. The molecule has 12 N–H and O–H groups in total. The molecule has 4 saturated carbocycles. The van der Waals surface area contributed by atoms with Crippen molar-refractivity contribution in [3.63, 3.8) is 0 Å². The number of carboxylic acid groups (broad SMARTS) is 1. The van der Waals surface area contributed by atoms with Gasteiger partial charge in [0.05, 0.1) is 32.0 Å². The van der Waals surface area contributed by atoms with Gasteiger partial charge in [0.15, 0.2) is 25.0 Å². The Morgan fingerprint density at radius 2 is 1.21 bits per heavy atom. The first-order chi connectivity index (χ1) is 31.3. The fourth-order valence-corrected chi connectivity index (χ4v) is 15.2. The van der Waals surface area contributed by atoms with E-state index >= 15 is 0 Å². The van der Waals surface area contributed by atoms with Gasteiger partial charge in [0, 0.05) is 10.8 Å². The third kappa shape index (κ3) is 8.10. The first-order valence-corrected chi connectivity index (χ1v) is 24.4. The summed E-state index contributed by atoms with van der Waals surface area (Å²) in [5.41, 5.74) is -0.143. The van der Waals surface area contributed by atoms with E-state index in [4.69, 9.17) is 28.4 Å². The van der Waals surface area contributed by atoms with E-state index in [1.165, 1.54) is 5.57 Å². The molecule has 0 aromatic rings. The Bertz CT molecular complexity index is 1830. The molecule has 5 aliphatic carbocycles. The molecule has 3 heterocycles. The van der Waals surface area contributed by atoms with Crippen molar-refractivity contribution in [2.45, 2.75) is 211 Å². The minimum absolute atomic E-state index is 0.00861. The number of rotatable bonds is 10. The summed E-state index contributed by atoms with van der Waals surface area (Å²) in [6, 6.07) is 0. The fourth-order valence-electron chi connectivity index (χ4n) is 15.2. The lowest BCUT2D eigenvalue weighted by Gasteiger charge is -2.72. The highest BCUT2D eigenvalue weighted by Crippen LogP contribution is 2.76. The van der Waals surface area contributed by atoms with Crippen molar-refractivity contribution in [1.29, 1.82) is 0 Å². The molecule has 3 aliphatic heterocycles. The number of carboxylic acids is 1. The van der Waals surface area contributed by atoms with Crippen LogP contribution in [0, 0.1) is 50.2 Å². The molecule has 384 valence electrons. The topological polar surface area (TPSA) is 315 Å². The van der Waals surface area contributed by atoms with Gasteiger partial charge in [-0.1, -0.05) is 60.1 Å². The number of fused-ring (bicyclic) bond motifs is 7. The SMILES string of the molecule is CC1(C)CC2C3=CCC4[C@@]5(C)CC[C@H](OC6O[C@H](C(=O)O)[C@@H](O)[C@H](O)[C@H]6OC6O[C@H](CO)[C@@H](O)[C@H](O)[C@H]6OC6O[C@H](CO)[C@@H](O)[C@H](O)[C@H]6O)[C@](C)(CO)C5CC[C@@]4(C)[C@]3(C)CC[C@@]2(C)[C@H](O)C1. The van der Waals surface area contributed by atoms with Crippen LogP contribution in [0.3, 0.4) is 0 Å².